The van der Waals surface area contributed by atoms with Gasteiger partial charge in [-0.05, 0) is 41.8 Å². The lowest BCUT2D eigenvalue weighted by Gasteiger charge is -2.26. The SMILES string of the molecule is COc1ccc(C2Cc3c(cccc3C(F)(F)F)N(CC3=NCCN3C)C(=O)C2=O)cc1. The first kappa shape index (κ1) is 21.9. The Kier molecular flexibility index (Phi) is 5.66. The molecule has 1 unspecified atom stereocenters. The van der Waals surface area contributed by atoms with Crippen LogP contribution in [0.15, 0.2) is 47.5 Å². The van der Waals surface area contributed by atoms with Crippen LogP contribution in [0, 0.1) is 0 Å². The van der Waals surface area contributed by atoms with Crippen molar-refractivity contribution in [3.8, 4) is 5.75 Å². The van der Waals surface area contributed by atoms with Crippen molar-refractivity contribution >= 4 is 23.2 Å². The van der Waals surface area contributed by atoms with Gasteiger partial charge in [0.05, 0.1) is 31.7 Å². The van der Waals surface area contributed by atoms with Crippen LogP contribution in [-0.2, 0) is 22.2 Å². The number of nitrogens with zero attached hydrogens (tertiary/aromatic N) is 3. The minimum Gasteiger partial charge on any atom is -0.497 e. The molecule has 0 N–H and O–H groups in total. The van der Waals surface area contributed by atoms with Gasteiger partial charge in [-0.2, -0.15) is 13.2 Å². The van der Waals surface area contributed by atoms with Crippen LogP contribution in [0.4, 0.5) is 18.9 Å². The lowest BCUT2D eigenvalue weighted by Crippen LogP contribution is -2.43. The van der Waals surface area contributed by atoms with Crippen LogP contribution in [0.2, 0.25) is 0 Å². The second-order valence-electron chi connectivity index (χ2n) is 7.81. The van der Waals surface area contributed by atoms with E-state index in [0.29, 0.717) is 30.2 Å². The van der Waals surface area contributed by atoms with Crippen LogP contribution < -0.4 is 9.64 Å². The van der Waals surface area contributed by atoms with E-state index in [2.05, 4.69) is 4.99 Å². The van der Waals surface area contributed by atoms with Crippen molar-refractivity contribution in [2.45, 2.75) is 18.5 Å². The Bertz CT molecular complexity index is 1080. The van der Waals surface area contributed by atoms with Gasteiger partial charge in [0.15, 0.2) is 0 Å². The quantitative estimate of drug-likeness (QED) is 0.678. The van der Waals surface area contributed by atoms with E-state index in [9.17, 15) is 22.8 Å². The maximum absolute atomic E-state index is 13.9. The number of ketones is 1. The zero-order chi connectivity index (χ0) is 23.0. The number of anilines is 1. The van der Waals surface area contributed by atoms with Gasteiger partial charge < -0.3 is 9.64 Å². The third-order valence-electron chi connectivity index (χ3n) is 5.92. The van der Waals surface area contributed by atoms with Gasteiger partial charge in [-0.15, -0.1) is 0 Å². The van der Waals surface area contributed by atoms with Gasteiger partial charge in [-0.25, -0.2) is 0 Å². The third kappa shape index (κ3) is 3.94. The number of rotatable bonds is 4. The number of likely N-dealkylation sites (N-methyl/N-ethyl adjacent to an activating group) is 1. The van der Waals surface area contributed by atoms with E-state index < -0.39 is 29.3 Å². The summed E-state index contributed by atoms with van der Waals surface area (Å²) in [5.41, 5.74) is -0.356. The molecule has 1 amide bonds. The van der Waals surface area contributed by atoms with Crippen LogP contribution >= 0.6 is 0 Å². The maximum atomic E-state index is 13.9. The number of hydrogen-bond donors (Lipinski definition) is 0. The van der Waals surface area contributed by atoms with Gasteiger partial charge in [0.2, 0.25) is 5.78 Å². The number of amides is 1. The second kappa shape index (κ2) is 8.29. The monoisotopic (exact) mass is 445 g/mol. The van der Waals surface area contributed by atoms with Gasteiger partial charge in [-0.3, -0.25) is 19.5 Å². The predicted molar refractivity (Wildman–Crippen MR) is 113 cm³/mol. The number of halogens is 3. The van der Waals surface area contributed by atoms with E-state index >= 15 is 0 Å². The molecule has 9 heteroatoms. The van der Waals surface area contributed by atoms with Crippen molar-refractivity contribution in [2.24, 2.45) is 4.99 Å². The van der Waals surface area contributed by atoms with Crippen molar-refractivity contribution in [3.63, 3.8) is 0 Å². The molecule has 0 aliphatic carbocycles. The molecule has 2 aromatic rings. The Morgan fingerprint density at radius 1 is 1.12 bits per heavy atom. The number of carbonyl (C=O) groups is 2. The molecule has 2 aromatic carbocycles. The molecule has 0 spiro atoms. The van der Waals surface area contributed by atoms with Crippen molar-refractivity contribution in [1.29, 1.82) is 0 Å². The summed E-state index contributed by atoms with van der Waals surface area (Å²) in [6.45, 7) is 1.12. The normalized spacial score (nSPS) is 19.0. The molecule has 0 aromatic heterocycles. The van der Waals surface area contributed by atoms with E-state index in [1.54, 1.807) is 31.3 Å². The lowest BCUT2D eigenvalue weighted by atomic mass is 9.87. The summed E-state index contributed by atoms with van der Waals surface area (Å²) in [6.07, 6.45) is -4.86. The Labute approximate surface area is 183 Å². The summed E-state index contributed by atoms with van der Waals surface area (Å²) in [4.78, 5) is 33.8. The number of aliphatic imine (C=N–C) groups is 1. The number of fused-ring (bicyclic) bond motifs is 1. The molecule has 2 heterocycles. The molecule has 0 bridgehead atoms. The van der Waals surface area contributed by atoms with Crippen LogP contribution in [-0.4, -0.2) is 56.2 Å². The summed E-state index contributed by atoms with van der Waals surface area (Å²) >= 11 is 0. The van der Waals surface area contributed by atoms with Gasteiger partial charge in [0, 0.05) is 19.3 Å². The predicted octanol–water partition coefficient (Wildman–Crippen LogP) is 3.30. The standard InChI is InChI=1S/C23H22F3N3O3/c1-28-11-10-27-20(28)13-29-19-5-3-4-18(23(24,25)26)17(19)12-16(21(30)22(29)31)14-6-8-15(32-2)9-7-14/h3-9,16H,10-13H2,1-2H3. The first-order chi connectivity index (χ1) is 15.2. The van der Waals surface area contributed by atoms with E-state index in [1.165, 1.54) is 19.2 Å². The van der Waals surface area contributed by atoms with Gasteiger partial charge in [0.25, 0.3) is 5.91 Å². The van der Waals surface area contributed by atoms with Gasteiger partial charge >= 0.3 is 6.18 Å². The zero-order valence-corrected chi connectivity index (χ0v) is 17.6. The third-order valence-corrected chi connectivity index (χ3v) is 5.92. The molecule has 4 rings (SSSR count). The minimum atomic E-state index is -4.63. The molecule has 0 saturated heterocycles. The van der Waals surface area contributed by atoms with Gasteiger partial charge in [-0.1, -0.05) is 18.2 Å². The summed E-state index contributed by atoms with van der Waals surface area (Å²) in [7, 11) is 3.28. The Balaban J connectivity index is 1.84. The molecular formula is C23H22F3N3O3. The molecule has 0 fully saturated rings. The first-order valence-corrected chi connectivity index (χ1v) is 10.1. The minimum absolute atomic E-state index is 0.0648. The lowest BCUT2D eigenvalue weighted by molar-refractivity contribution is -0.138. The summed E-state index contributed by atoms with van der Waals surface area (Å²) in [6, 6.07) is 10.2. The van der Waals surface area contributed by atoms with Crippen LogP contribution in [0.3, 0.4) is 0 Å². The highest BCUT2D eigenvalue weighted by Gasteiger charge is 2.42. The topological polar surface area (TPSA) is 62.2 Å². The maximum Gasteiger partial charge on any atom is 0.416 e. The first-order valence-electron chi connectivity index (χ1n) is 10.1. The molecular weight excluding hydrogens is 423 g/mol. The second-order valence-corrected chi connectivity index (χ2v) is 7.81. The Hall–Kier alpha value is -3.36. The number of benzene rings is 2. The zero-order valence-electron chi connectivity index (χ0n) is 17.6. The van der Waals surface area contributed by atoms with Gasteiger partial charge in [0.1, 0.15) is 11.6 Å². The number of hydrogen-bond acceptors (Lipinski definition) is 5. The van der Waals surface area contributed by atoms with E-state index in [1.807, 2.05) is 4.90 Å². The van der Waals surface area contributed by atoms with E-state index in [4.69, 9.17) is 4.74 Å². The fraction of sp³-hybridized carbons (Fsp3) is 0.348. The Morgan fingerprint density at radius 3 is 2.44 bits per heavy atom. The highest BCUT2D eigenvalue weighted by Crippen LogP contribution is 2.41. The highest BCUT2D eigenvalue weighted by molar-refractivity contribution is 6.44. The van der Waals surface area contributed by atoms with Crippen LogP contribution in [0.25, 0.3) is 0 Å². The molecule has 0 radical (unpaired) electrons. The van der Waals surface area contributed by atoms with Crippen molar-refractivity contribution in [3.05, 3.63) is 59.2 Å². The average Bonchev–Trinajstić information content (AvgIpc) is 3.14. The Morgan fingerprint density at radius 2 is 1.84 bits per heavy atom. The fourth-order valence-corrected chi connectivity index (χ4v) is 4.15. The molecule has 2 aliphatic heterocycles. The van der Waals surface area contributed by atoms with Crippen molar-refractivity contribution in [2.75, 3.05) is 38.7 Å². The number of methoxy groups -OCH3 is 1. The molecule has 0 saturated carbocycles. The molecule has 1 atom stereocenters. The summed E-state index contributed by atoms with van der Waals surface area (Å²) in [5.74, 6) is -1.53. The molecule has 168 valence electrons. The number of carbonyl (C=O) groups excluding carboxylic acids is 2. The summed E-state index contributed by atoms with van der Waals surface area (Å²) < 4.78 is 46.8. The van der Waals surface area contributed by atoms with Crippen molar-refractivity contribution < 1.29 is 27.5 Å². The highest BCUT2D eigenvalue weighted by atomic mass is 19.4. The largest absolute Gasteiger partial charge is 0.497 e. The van der Waals surface area contributed by atoms with Crippen LogP contribution in [0.5, 0.6) is 5.75 Å². The summed E-state index contributed by atoms with van der Waals surface area (Å²) in [5, 5.41) is 0. The number of amidine groups is 1. The molecule has 6 nitrogen and oxygen atoms in total. The fourth-order valence-electron chi connectivity index (χ4n) is 4.15. The molecule has 2 aliphatic rings. The number of ether oxygens (including phenoxy) is 1. The average molecular weight is 445 g/mol. The number of Topliss-reactive ketones (excluding diaryl/α,β-unsaturated/α-hetero) is 1. The van der Waals surface area contributed by atoms with Crippen molar-refractivity contribution in [1.82, 2.24) is 4.90 Å². The van der Waals surface area contributed by atoms with E-state index in [0.717, 1.165) is 11.0 Å². The molecule has 32 heavy (non-hydrogen) atoms. The van der Waals surface area contributed by atoms with E-state index in [-0.39, 0.29) is 24.2 Å². The smallest absolute Gasteiger partial charge is 0.416 e. The number of alkyl halides is 3. The van der Waals surface area contributed by atoms with Crippen LogP contribution in [0.1, 0.15) is 22.6 Å².